The highest BCUT2D eigenvalue weighted by Crippen LogP contribution is 2.17. The van der Waals surface area contributed by atoms with Crippen LogP contribution in [-0.2, 0) is 11.2 Å². The molecule has 0 aliphatic rings. The third kappa shape index (κ3) is 6.40. The van der Waals surface area contributed by atoms with Crippen LogP contribution in [0.3, 0.4) is 0 Å². The van der Waals surface area contributed by atoms with Gasteiger partial charge in [0.2, 0.25) is 5.91 Å². The summed E-state index contributed by atoms with van der Waals surface area (Å²) in [6, 6.07) is 9.78. The van der Waals surface area contributed by atoms with Gasteiger partial charge in [0.25, 0.3) is 0 Å². The average Bonchev–Trinajstić information content (AvgIpc) is 2.25. The molecular formula is C15H23NO2. The standard InChI is InChI=1S/C15H23NO2/c1-15(2,3)10-14(18)16-11-13(17)9-12-7-5-4-6-8-12/h4-8,13,17H,9-11H2,1-3H3,(H,16,18). The molecule has 100 valence electrons. The summed E-state index contributed by atoms with van der Waals surface area (Å²) in [7, 11) is 0. The minimum absolute atomic E-state index is 0.00499. The first-order valence-corrected chi connectivity index (χ1v) is 6.35. The van der Waals surface area contributed by atoms with Crippen LogP contribution < -0.4 is 5.32 Å². The number of hydrogen-bond donors (Lipinski definition) is 2. The first-order chi connectivity index (χ1) is 8.37. The number of carbonyl (C=O) groups is 1. The monoisotopic (exact) mass is 249 g/mol. The Hall–Kier alpha value is -1.35. The van der Waals surface area contributed by atoms with E-state index in [4.69, 9.17) is 0 Å². The molecule has 0 saturated carbocycles. The summed E-state index contributed by atoms with van der Waals surface area (Å²) in [5.74, 6) is -0.00499. The molecule has 1 amide bonds. The van der Waals surface area contributed by atoms with Crippen molar-refractivity contribution in [1.82, 2.24) is 5.32 Å². The van der Waals surface area contributed by atoms with Crippen LogP contribution in [0.4, 0.5) is 0 Å². The lowest BCUT2D eigenvalue weighted by Crippen LogP contribution is -2.35. The zero-order chi connectivity index (χ0) is 13.6. The smallest absolute Gasteiger partial charge is 0.220 e. The van der Waals surface area contributed by atoms with E-state index in [2.05, 4.69) is 5.32 Å². The number of aliphatic hydroxyl groups excluding tert-OH is 1. The molecule has 0 spiro atoms. The van der Waals surface area contributed by atoms with E-state index in [9.17, 15) is 9.90 Å². The largest absolute Gasteiger partial charge is 0.391 e. The maximum absolute atomic E-state index is 11.6. The van der Waals surface area contributed by atoms with Crippen LogP contribution in [-0.4, -0.2) is 23.7 Å². The molecule has 0 fully saturated rings. The van der Waals surface area contributed by atoms with E-state index in [1.165, 1.54) is 0 Å². The van der Waals surface area contributed by atoms with Crippen molar-refractivity contribution >= 4 is 5.91 Å². The second-order valence-corrected chi connectivity index (χ2v) is 5.89. The molecule has 0 saturated heterocycles. The fraction of sp³-hybridized carbons (Fsp3) is 0.533. The van der Waals surface area contributed by atoms with E-state index in [1.54, 1.807) is 0 Å². The number of aliphatic hydroxyl groups is 1. The highest BCUT2D eigenvalue weighted by atomic mass is 16.3. The van der Waals surface area contributed by atoms with Gasteiger partial charge in [-0.25, -0.2) is 0 Å². The molecule has 1 aromatic rings. The number of nitrogens with one attached hydrogen (secondary N) is 1. The van der Waals surface area contributed by atoms with Crippen molar-refractivity contribution in [3.63, 3.8) is 0 Å². The highest BCUT2D eigenvalue weighted by Gasteiger charge is 2.16. The maximum Gasteiger partial charge on any atom is 0.220 e. The van der Waals surface area contributed by atoms with Crippen LogP contribution in [0.2, 0.25) is 0 Å². The lowest BCUT2D eigenvalue weighted by Gasteiger charge is -2.18. The fourth-order valence-electron chi connectivity index (χ4n) is 1.73. The molecule has 18 heavy (non-hydrogen) atoms. The second-order valence-electron chi connectivity index (χ2n) is 5.89. The van der Waals surface area contributed by atoms with Crippen LogP contribution in [0.25, 0.3) is 0 Å². The number of amides is 1. The van der Waals surface area contributed by atoms with Gasteiger partial charge in [0, 0.05) is 19.4 Å². The van der Waals surface area contributed by atoms with E-state index >= 15 is 0 Å². The SMILES string of the molecule is CC(C)(C)CC(=O)NCC(O)Cc1ccccc1. The van der Waals surface area contributed by atoms with Gasteiger partial charge in [-0.2, -0.15) is 0 Å². The van der Waals surface area contributed by atoms with Crippen molar-refractivity contribution in [3.05, 3.63) is 35.9 Å². The Bertz CT molecular complexity index is 368. The zero-order valence-corrected chi connectivity index (χ0v) is 11.4. The molecule has 2 N–H and O–H groups in total. The summed E-state index contributed by atoms with van der Waals surface area (Å²) < 4.78 is 0. The molecule has 0 bridgehead atoms. The Balaban J connectivity index is 2.29. The van der Waals surface area contributed by atoms with Gasteiger partial charge >= 0.3 is 0 Å². The van der Waals surface area contributed by atoms with Crippen molar-refractivity contribution < 1.29 is 9.90 Å². The molecule has 0 radical (unpaired) electrons. The Morgan fingerprint density at radius 2 is 1.89 bits per heavy atom. The number of benzene rings is 1. The molecule has 3 heteroatoms. The quantitative estimate of drug-likeness (QED) is 0.840. The zero-order valence-electron chi connectivity index (χ0n) is 11.4. The highest BCUT2D eigenvalue weighted by molar-refractivity contribution is 5.76. The molecule has 1 unspecified atom stereocenters. The van der Waals surface area contributed by atoms with Crippen LogP contribution in [0.15, 0.2) is 30.3 Å². The fourth-order valence-corrected chi connectivity index (χ4v) is 1.73. The summed E-state index contributed by atoms with van der Waals surface area (Å²) in [4.78, 5) is 11.6. The summed E-state index contributed by atoms with van der Waals surface area (Å²) in [5, 5.41) is 12.6. The number of carbonyl (C=O) groups excluding carboxylic acids is 1. The lowest BCUT2D eigenvalue weighted by atomic mass is 9.92. The van der Waals surface area contributed by atoms with Crippen LogP contribution >= 0.6 is 0 Å². The normalized spacial score (nSPS) is 13.1. The predicted octanol–water partition coefficient (Wildman–Crippen LogP) is 2.14. The minimum atomic E-state index is -0.531. The van der Waals surface area contributed by atoms with E-state index < -0.39 is 6.10 Å². The molecule has 3 nitrogen and oxygen atoms in total. The van der Waals surface area contributed by atoms with Crippen molar-refractivity contribution in [2.75, 3.05) is 6.54 Å². The predicted molar refractivity (Wildman–Crippen MR) is 73.2 cm³/mol. The van der Waals surface area contributed by atoms with E-state index in [0.29, 0.717) is 19.4 Å². The summed E-state index contributed by atoms with van der Waals surface area (Å²) in [6.45, 7) is 6.37. The van der Waals surface area contributed by atoms with Crippen LogP contribution in [0.5, 0.6) is 0 Å². The molecular weight excluding hydrogens is 226 g/mol. The first kappa shape index (κ1) is 14.7. The Morgan fingerprint density at radius 3 is 2.44 bits per heavy atom. The molecule has 0 aliphatic heterocycles. The maximum atomic E-state index is 11.6. The number of rotatable bonds is 5. The summed E-state index contributed by atoms with van der Waals surface area (Å²) >= 11 is 0. The van der Waals surface area contributed by atoms with Gasteiger partial charge in [0.15, 0.2) is 0 Å². The van der Waals surface area contributed by atoms with E-state index in [1.807, 2.05) is 51.1 Å². The average molecular weight is 249 g/mol. The molecule has 0 heterocycles. The molecule has 0 aromatic heterocycles. The van der Waals surface area contributed by atoms with Crippen molar-refractivity contribution in [2.24, 2.45) is 5.41 Å². The topological polar surface area (TPSA) is 49.3 Å². The van der Waals surface area contributed by atoms with Gasteiger partial charge in [-0.15, -0.1) is 0 Å². The van der Waals surface area contributed by atoms with Gasteiger partial charge in [0.05, 0.1) is 6.10 Å². The van der Waals surface area contributed by atoms with Gasteiger partial charge < -0.3 is 10.4 Å². The first-order valence-electron chi connectivity index (χ1n) is 6.35. The third-order valence-corrected chi connectivity index (χ3v) is 2.54. The van der Waals surface area contributed by atoms with Crippen molar-refractivity contribution in [1.29, 1.82) is 0 Å². The van der Waals surface area contributed by atoms with Crippen LogP contribution in [0, 0.1) is 5.41 Å². The molecule has 1 atom stereocenters. The molecule has 1 aromatic carbocycles. The van der Waals surface area contributed by atoms with Gasteiger partial charge in [-0.3, -0.25) is 4.79 Å². The second kappa shape index (κ2) is 6.55. The van der Waals surface area contributed by atoms with Crippen LogP contribution in [0.1, 0.15) is 32.8 Å². The molecule has 0 aliphatic carbocycles. The van der Waals surface area contributed by atoms with Gasteiger partial charge in [-0.1, -0.05) is 51.1 Å². The lowest BCUT2D eigenvalue weighted by molar-refractivity contribution is -0.123. The van der Waals surface area contributed by atoms with Gasteiger partial charge in [-0.05, 0) is 11.0 Å². The van der Waals surface area contributed by atoms with Crippen molar-refractivity contribution in [3.8, 4) is 0 Å². The van der Waals surface area contributed by atoms with E-state index in [0.717, 1.165) is 5.56 Å². The summed E-state index contributed by atoms with van der Waals surface area (Å²) in [5.41, 5.74) is 1.06. The van der Waals surface area contributed by atoms with E-state index in [-0.39, 0.29) is 11.3 Å². The minimum Gasteiger partial charge on any atom is -0.391 e. The molecule has 1 rings (SSSR count). The Morgan fingerprint density at radius 1 is 1.28 bits per heavy atom. The summed E-state index contributed by atoms with van der Waals surface area (Å²) in [6.07, 6.45) is 0.512. The third-order valence-electron chi connectivity index (χ3n) is 2.54. The number of hydrogen-bond acceptors (Lipinski definition) is 2. The Labute approximate surface area is 109 Å². The van der Waals surface area contributed by atoms with Gasteiger partial charge in [0.1, 0.15) is 0 Å². The Kier molecular flexibility index (Phi) is 5.35. The van der Waals surface area contributed by atoms with Crippen molar-refractivity contribution in [2.45, 2.75) is 39.7 Å².